The minimum absolute atomic E-state index is 0.191. The highest BCUT2D eigenvalue weighted by atomic mass is 79.9. The SMILES string of the molecule is O=C1N[C@@H](c2cc(F)ccc2Cl)c2c(NC(=O)N3CC4(CC4)c4cc(F)ccc43)cc(Br)cc21. The second-order valence-corrected chi connectivity index (χ2v) is 10.3. The normalized spacial score (nSPS) is 19.1. The van der Waals surface area contributed by atoms with E-state index in [-0.39, 0.29) is 23.2 Å². The Bertz CT molecular complexity index is 1410. The van der Waals surface area contributed by atoms with Crippen LogP contribution in [0, 0.1) is 11.6 Å². The molecule has 9 heteroatoms. The summed E-state index contributed by atoms with van der Waals surface area (Å²) in [4.78, 5) is 27.8. The number of carbonyl (C=O) groups excluding carboxylic acids is 2. The fraction of sp³-hybridized carbons (Fsp3) is 0.200. The third kappa shape index (κ3) is 3.31. The molecule has 0 aromatic heterocycles. The molecule has 0 saturated heterocycles. The first-order valence-electron chi connectivity index (χ1n) is 10.7. The van der Waals surface area contributed by atoms with Crippen molar-refractivity contribution in [2.24, 2.45) is 0 Å². The first kappa shape index (κ1) is 21.6. The predicted octanol–water partition coefficient (Wildman–Crippen LogP) is 6.30. The van der Waals surface area contributed by atoms with Gasteiger partial charge in [0.25, 0.3) is 5.91 Å². The fourth-order valence-electron chi connectivity index (χ4n) is 5.05. The van der Waals surface area contributed by atoms with Crippen LogP contribution in [0.3, 0.4) is 0 Å². The van der Waals surface area contributed by atoms with Gasteiger partial charge in [-0.15, -0.1) is 0 Å². The molecule has 1 aliphatic carbocycles. The Hall–Kier alpha value is -2.97. The summed E-state index contributed by atoms with van der Waals surface area (Å²) in [5.74, 6) is -1.16. The second-order valence-electron chi connectivity index (χ2n) is 8.94. The van der Waals surface area contributed by atoms with Gasteiger partial charge in [-0.25, -0.2) is 13.6 Å². The number of halogens is 4. The lowest BCUT2D eigenvalue weighted by molar-refractivity contribution is 0.0960. The van der Waals surface area contributed by atoms with Crippen LogP contribution in [0.1, 0.15) is 45.9 Å². The minimum atomic E-state index is -0.733. The van der Waals surface area contributed by atoms with Crippen molar-refractivity contribution in [1.82, 2.24) is 5.32 Å². The molecule has 3 aromatic carbocycles. The van der Waals surface area contributed by atoms with Crippen molar-refractivity contribution in [1.29, 1.82) is 0 Å². The van der Waals surface area contributed by atoms with Crippen molar-refractivity contribution in [3.63, 3.8) is 0 Å². The van der Waals surface area contributed by atoms with Gasteiger partial charge in [-0.2, -0.15) is 0 Å². The Morgan fingerprint density at radius 1 is 1.12 bits per heavy atom. The number of amides is 3. The molecule has 5 nitrogen and oxygen atoms in total. The first-order chi connectivity index (χ1) is 16.3. The van der Waals surface area contributed by atoms with Gasteiger partial charge in [0, 0.05) is 49.5 Å². The van der Waals surface area contributed by atoms with Gasteiger partial charge in [0.05, 0.1) is 6.04 Å². The lowest BCUT2D eigenvalue weighted by Gasteiger charge is -2.22. The van der Waals surface area contributed by atoms with E-state index in [1.165, 1.54) is 30.3 Å². The summed E-state index contributed by atoms with van der Waals surface area (Å²) in [5, 5.41) is 6.07. The van der Waals surface area contributed by atoms with Gasteiger partial charge in [-0.05, 0) is 66.9 Å². The van der Waals surface area contributed by atoms with Crippen molar-refractivity contribution in [2.75, 3.05) is 16.8 Å². The summed E-state index contributed by atoms with van der Waals surface area (Å²) in [6, 6.07) is 10.7. The third-order valence-corrected chi connectivity index (χ3v) is 7.65. The molecular weight excluding hydrogens is 528 g/mol. The lowest BCUT2D eigenvalue weighted by Crippen LogP contribution is -2.35. The molecule has 6 rings (SSSR count). The van der Waals surface area contributed by atoms with Crippen LogP contribution in [0.4, 0.5) is 25.0 Å². The van der Waals surface area contributed by atoms with E-state index in [4.69, 9.17) is 11.6 Å². The number of urea groups is 1. The molecule has 0 unspecified atom stereocenters. The second kappa shape index (κ2) is 7.52. The molecule has 34 heavy (non-hydrogen) atoms. The third-order valence-electron chi connectivity index (χ3n) is 6.84. The summed E-state index contributed by atoms with van der Waals surface area (Å²) < 4.78 is 28.5. The van der Waals surface area contributed by atoms with E-state index in [2.05, 4.69) is 26.6 Å². The molecule has 0 bridgehead atoms. The van der Waals surface area contributed by atoms with Gasteiger partial charge in [-0.1, -0.05) is 27.5 Å². The van der Waals surface area contributed by atoms with Crippen molar-refractivity contribution >= 4 is 50.8 Å². The van der Waals surface area contributed by atoms with Gasteiger partial charge >= 0.3 is 6.03 Å². The van der Waals surface area contributed by atoms with E-state index in [1.54, 1.807) is 23.1 Å². The van der Waals surface area contributed by atoms with E-state index in [1.807, 2.05) is 0 Å². The van der Waals surface area contributed by atoms with E-state index in [9.17, 15) is 18.4 Å². The summed E-state index contributed by atoms with van der Waals surface area (Å²) in [6.45, 7) is 0.462. The van der Waals surface area contributed by atoms with Crippen molar-refractivity contribution < 1.29 is 18.4 Å². The smallest absolute Gasteiger partial charge is 0.326 e. The summed E-state index contributed by atoms with van der Waals surface area (Å²) in [6.07, 6.45) is 1.80. The Morgan fingerprint density at radius 2 is 1.85 bits per heavy atom. The maximum absolute atomic E-state index is 14.0. The highest BCUT2D eigenvalue weighted by Gasteiger charge is 2.53. The zero-order valence-electron chi connectivity index (χ0n) is 17.6. The fourth-order valence-corrected chi connectivity index (χ4v) is 5.74. The average molecular weight is 545 g/mol. The van der Waals surface area contributed by atoms with Gasteiger partial charge < -0.3 is 10.6 Å². The number of hydrogen-bond acceptors (Lipinski definition) is 2. The summed E-state index contributed by atoms with van der Waals surface area (Å²) in [7, 11) is 0. The number of hydrogen-bond donors (Lipinski definition) is 2. The molecule has 172 valence electrons. The van der Waals surface area contributed by atoms with Crippen LogP contribution in [0.2, 0.25) is 5.02 Å². The topological polar surface area (TPSA) is 61.4 Å². The van der Waals surface area contributed by atoms with Crippen molar-refractivity contribution in [3.05, 3.63) is 91.9 Å². The van der Waals surface area contributed by atoms with Crippen LogP contribution in [0.25, 0.3) is 0 Å². The van der Waals surface area contributed by atoms with Crippen LogP contribution in [-0.2, 0) is 5.41 Å². The molecule has 2 N–H and O–H groups in total. The molecule has 0 radical (unpaired) electrons. The number of nitrogens with one attached hydrogen (secondary N) is 2. The van der Waals surface area contributed by atoms with Crippen LogP contribution in [0.5, 0.6) is 0 Å². The maximum Gasteiger partial charge on any atom is 0.326 e. The molecule has 1 atom stereocenters. The van der Waals surface area contributed by atoms with Crippen molar-refractivity contribution in [2.45, 2.75) is 24.3 Å². The quantitative estimate of drug-likeness (QED) is 0.398. The van der Waals surface area contributed by atoms with E-state index in [0.29, 0.717) is 44.1 Å². The van der Waals surface area contributed by atoms with Gasteiger partial charge in [-0.3, -0.25) is 9.69 Å². The van der Waals surface area contributed by atoms with E-state index < -0.39 is 11.9 Å². The number of fused-ring (bicyclic) bond motifs is 3. The molecule has 3 amide bonds. The van der Waals surface area contributed by atoms with Crippen molar-refractivity contribution in [3.8, 4) is 0 Å². The van der Waals surface area contributed by atoms with Crippen LogP contribution >= 0.6 is 27.5 Å². The van der Waals surface area contributed by atoms with Crippen LogP contribution in [-0.4, -0.2) is 18.5 Å². The molecular formula is C25H17BrClF2N3O2. The van der Waals surface area contributed by atoms with E-state index >= 15 is 0 Å². The molecule has 1 spiro atoms. The van der Waals surface area contributed by atoms with Crippen LogP contribution < -0.4 is 15.5 Å². The molecule has 2 aliphatic heterocycles. The zero-order chi connectivity index (χ0) is 23.8. The predicted molar refractivity (Wildman–Crippen MR) is 129 cm³/mol. The largest absolute Gasteiger partial charge is 0.341 e. The highest BCUT2D eigenvalue weighted by molar-refractivity contribution is 9.10. The molecule has 1 fully saturated rings. The van der Waals surface area contributed by atoms with E-state index in [0.717, 1.165) is 18.4 Å². The zero-order valence-corrected chi connectivity index (χ0v) is 19.9. The summed E-state index contributed by atoms with van der Waals surface area (Å²) >= 11 is 9.75. The van der Waals surface area contributed by atoms with Gasteiger partial charge in [0.1, 0.15) is 11.6 Å². The lowest BCUT2D eigenvalue weighted by atomic mass is 9.96. The number of rotatable bonds is 2. The monoisotopic (exact) mass is 543 g/mol. The van der Waals surface area contributed by atoms with Gasteiger partial charge in [0.2, 0.25) is 0 Å². The molecule has 3 aliphatic rings. The van der Waals surface area contributed by atoms with Crippen LogP contribution in [0.15, 0.2) is 53.0 Å². The Balaban J connectivity index is 1.40. The number of nitrogens with zero attached hydrogens (tertiary/aromatic N) is 1. The average Bonchev–Trinajstić information content (AvgIpc) is 3.41. The Kier molecular flexibility index (Phi) is 4.76. The highest BCUT2D eigenvalue weighted by Crippen LogP contribution is 2.56. The first-order valence-corrected chi connectivity index (χ1v) is 11.9. The standard InChI is InChI=1S/C25H17BrClF2N3O2/c26-12-7-16-21(22(31-23(16)33)15-9-13(28)1-3-18(15)27)19(8-12)30-24(34)32-11-25(5-6-25)17-10-14(29)2-4-20(17)32/h1-4,7-10,22H,5-6,11H2,(H,30,34)(H,31,33)/t22-/m0/s1. The minimum Gasteiger partial charge on any atom is -0.341 e. The van der Waals surface area contributed by atoms with Gasteiger partial charge in [0.15, 0.2) is 0 Å². The number of carbonyl (C=O) groups is 2. The Labute approximate surface area is 207 Å². The molecule has 3 aromatic rings. The number of benzene rings is 3. The molecule has 1 saturated carbocycles. The maximum atomic E-state index is 14.0. The molecule has 2 heterocycles. The summed E-state index contributed by atoms with van der Waals surface area (Å²) in [5.41, 5.74) is 3.00. The Morgan fingerprint density at radius 3 is 2.62 bits per heavy atom. The number of anilines is 2.